The van der Waals surface area contributed by atoms with Crippen LogP contribution in [0.5, 0.6) is 5.88 Å². The predicted octanol–water partition coefficient (Wildman–Crippen LogP) is 1.96. The summed E-state index contributed by atoms with van der Waals surface area (Å²) in [6.45, 7) is 0. The molecule has 0 saturated heterocycles. The van der Waals surface area contributed by atoms with Gasteiger partial charge in [-0.05, 0) is 22.0 Å². The smallest absolute Gasteiger partial charge is 0.218 e. The van der Waals surface area contributed by atoms with Crippen LogP contribution in [0.15, 0.2) is 35.3 Å². The summed E-state index contributed by atoms with van der Waals surface area (Å²) in [5.41, 5.74) is 1.59. The van der Waals surface area contributed by atoms with Gasteiger partial charge in [0.05, 0.1) is 7.11 Å². The topological polar surface area (TPSA) is 65.2 Å². The molecule has 0 fully saturated rings. The highest BCUT2D eigenvalue weighted by Gasteiger charge is 2.09. The number of nitrogens with zero attached hydrogens (tertiary/aromatic N) is 5. The quantitative estimate of drug-likeness (QED) is 0.724. The Hall–Kier alpha value is -2.02. The molecule has 3 aromatic heterocycles. The molecule has 3 heterocycles. The maximum atomic E-state index is 5.10. The van der Waals surface area contributed by atoms with Crippen LogP contribution in [0.3, 0.4) is 0 Å². The van der Waals surface area contributed by atoms with Crippen molar-refractivity contribution < 1.29 is 4.74 Å². The Morgan fingerprint density at radius 1 is 1.22 bits per heavy atom. The van der Waals surface area contributed by atoms with Crippen molar-refractivity contribution in [2.24, 2.45) is 0 Å². The van der Waals surface area contributed by atoms with Crippen molar-refractivity contribution in [3.05, 3.63) is 35.3 Å². The number of hydrogen-bond donors (Lipinski definition) is 0. The molecule has 0 saturated carbocycles. The number of pyridine rings is 1. The summed E-state index contributed by atoms with van der Waals surface area (Å²) in [5, 5.41) is 4.24. The first-order chi connectivity index (χ1) is 8.78. The minimum atomic E-state index is 0.526. The number of rotatable bonds is 2. The van der Waals surface area contributed by atoms with E-state index in [0.29, 0.717) is 16.4 Å². The minimum absolute atomic E-state index is 0.526. The van der Waals surface area contributed by atoms with Gasteiger partial charge in [0, 0.05) is 30.1 Å². The van der Waals surface area contributed by atoms with Crippen LogP contribution in [0.1, 0.15) is 0 Å². The van der Waals surface area contributed by atoms with Gasteiger partial charge in [0.1, 0.15) is 0 Å². The summed E-state index contributed by atoms with van der Waals surface area (Å²) in [7, 11) is 1.58. The van der Waals surface area contributed by atoms with Crippen molar-refractivity contribution in [2.75, 3.05) is 7.11 Å². The zero-order valence-electron chi connectivity index (χ0n) is 9.41. The Kier molecular flexibility index (Phi) is 2.67. The molecule has 18 heavy (non-hydrogen) atoms. The molecule has 0 spiro atoms. The van der Waals surface area contributed by atoms with Gasteiger partial charge in [-0.3, -0.25) is 0 Å². The molecule has 6 nitrogen and oxygen atoms in total. The van der Waals surface area contributed by atoms with E-state index in [1.165, 1.54) is 0 Å². The van der Waals surface area contributed by atoms with Gasteiger partial charge in [0.15, 0.2) is 11.5 Å². The van der Waals surface area contributed by atoms with E-state index in [1.54, 1.807) is 36.2 Å². The predicted molar refractivity (Wildman–Crippen MR) is 68.3 cm³/mol. The number of methoxy groups -OCH3 is 1. The summed E-state index contributed by atoms with van der Waals surface area (Å²) in [6.07, 6.45) is 3.36. The zero-order chi connectivity index (χ0) is 12.5. The van der Waals surface area contributed by atoms with Crippen molar-refractivity contribution in [1.29, 1.82) is 0 Å². The van der Waals surface area contributed by atoms with Gasteiger partial charge in [-0.15, -0.1) is 5.10 Å². The van der Waals surface area contributed by atoms with Crippen LogP contribution >= 0.6 is 15.9 Å². The highest BCUT2D eigenvalue weighted by Crippen LogP contribution is 2.21. The first-order valence-electron chi connectivity index (χ1n) is 5.15. The van der Waals surface area contributed by atoms with E-state index >= 15 is 0 Å². The maximum Gasteiger partial charge on any atom is 0.218 e. The summed E-state index contributed by atoms with van der Waals surface area (Å²) < 4.78 is 7.29. The van der Waals surface area contributed by atoms with E-state index in [4.69, 9.17) is 4.74 Å². The summed E-state index contributed by atoms with van der Waals surface area (Å²) in [5.74, 6) is 1.22. The van der Waals surface area contributed by atoms with E-state index in [9.17, 15) is 0 Å². The first-order valence-corrected chi connectivity index (χ1v) is 5.95. The third-order valence-electron chi connectivity index (χ3n) is 2.43. The molecule has 3 aromatic rings. The molecule has 90 valence electrons. The lowest BCUT2D eigenvalue weighted by Crippen LogP contribution is -1.98. The molecular formula is C11H8BrN5O. The van der Waals surface area contributed by atoms with Crippen molar-refractivity contribution >= 4 is 21.6 Å². The van der Waals surface area contributed by atoms with E-state index in [0.717, 1.165) is 11.2 Å². The molecule has 0 aliphatic heterocycles. The van der Waals surface area contributed by atoms with Gasteiger partial charge in [0.2, 0.25) is 10.6 Å². The van der Waals surface area contributed by atoms with Crippen molar-refractivity contribution in [1.82, 2.24) is 24.6 Å². The zero-order valence-corrected chi connectivity index (χ0v) is 11.0. The lowest BCUT2D eigenvalue weighted by Gasteiger charge is -2.04. The van der Waals surface area contributed by atoms with Gasteiger partial charge in [-0.2, -0.15) is 4.52 Å². The second-order valence-corrected chi connectivity index (χ2v) is 4.22. The van der Waals surface area contributed by atoms with Crippen LogP contribution in [0.25, 0.3) is 17.0 Å². The summed E-state index contributed by atoms with van der Waals surface area (Å²) >= 11 is 3.25. The number of aromatic nitrogens is 5. The summed E-state index contributed by atoms with van der Waals surface area (Å²) in [6, 6.07) is 5.44. The van der Waals surface area contributed by atoms with Gasteiger partial charge < -0.3 is 4.74 Å². The van der Waals surface area contributed by atoms with Crippen molar-refractivity contribution in [2.45, 2.75) is 0 Å². The standard InChI is InChI=1S/C11H8BrN5O/c1-18-9-6-7(2-4-13-9)10-14-5-3-8-15-11(12)16-17(8)10/h2-6H,1H3. The number of halogens is 1. The van der Waals surface area contributed by atoms with E-state index in [2.05, 4.69) is 36.0 Å². The van der Waals surface area contributed by atoms with Crippen LogP contribution < -0.4 is 4.74 Å². The fourth-order valence-electron chi connectivity index (χ4n) is 1.65. The third-order valence-corrected chi connectivity index (χ3v) is 2.77. The third kappa shape index (κ3) is 1.82. The first kappa shape index (κ1) is 11.1. The Bertz CT molecular complexity index is 711. The number of fused-ring (bicyclic) bond motifs is 1. The fourth-order valence-corrected chi connectivity index (χ4v) is 1.99. The van der Waals surface area contributed by atoms with Crippen LogP contribution in [0, 0.1) is 0 Å². The van der Waals surface area contributed by atoms with Gasteiger partial charge >= 0.3 is 0 Å². The highest BCUT2D eigenvalue weighted by molar-refractivity contribution is 9.10. The molecule has 3 rings (SSSR count). The largest absolute Gasteiger partial charge is 0.481 e. The van der Waals surface area contributed by atoms with E-state index in [1.807, 2.05) is 6.07 Å². The lowest BCUT2D eigenvalue weighted by atomic mass is 10.2. The molecule has 0 aliphatic rings. The van der Waals surface area contributed by atoms with Gasteiger partial charge in [-0.1, -0.05) is 0 Å². The Labute approximate surface area is 111 Å². The Morgan fingerprint density at radius 2 is 2.06 bits per heavy atom. The molecule has 7 heteroatoms. The average Bonchev–Trinajstić information content (AvgIpc) is 2.78. The Morgan fingerprint density at radius 3 is 2.89 bits per heavy atom. The van der Waals surface area contributed by atoms with Crippen LogP contribution in [0.4, 0.5) is 0 Å². The minimum Gasteiger partial charge on any atom is -0.481 e. The lowest BCUT2D eigenvalue weighted by molar-refractivity contribution is 0.398. The molecule has 0 amide bonds. The second-order valence-electron chi connectivity index (χ2n) is 3.51. The molecule has 0 aromatic carbocycles. The van der Waals surface area contributed by atoms with E-state index in [-0.39, 0.29) is 0 Å². The highest BCUT2D eigenvalue weighted by atomic mass is 79.9. The maximum absolute atomic E-state index is 5.10. The molecule has 0 unspecified atom stereocenters. The molecule has 0 radical (unpaired) electrons. The van der Waals surface area contributed by atoms with Crippen LogP contribution in [-0.2, 0) is 0 Å². The normalized spacial score (nSPS) is 10.8. The van der Waals surface area contributed by atoms with Gasteiger partial charge in [-0.25, -0.2) is 15.0 Å². The molecule has 0 atom stereocenters. The molecular weight excluding hydrogens is 298 g/mol. The average molecular weight is 306 g/mol. The molecule has 0 bridgehead atoms. The molecule has 0 N–H and O–H groups in total. The van der Waals surface area contributed by atoms with E-state index < -0.39 is 0 Å². The van der Waals surface area contributed by atoms with Crippen LogP contribution in [0.2, 0.25) is 0 Å². The Balaban J connectivity index is 2.24. The summed E-state index contributed by atoms with van der Waals surface area (Å²) in [4.78, 5) is 12.6. The fraction of sp³-hybridized carbons (Fsp3) is 0.0909. The van der Waals surface area contributed by atoms with Gasteiger partial charge in [0.25, 0.3) is 0 Å². The van der Waals surface area contributed by atoms with Crippen LogP contribution in [-0.4, -0.2) is 31.7 Å². The molecule has 0 aliphatic carbocycles. The van der Waals surface area contributed by atoms with Crippen molar-refractivity contribution in [3.8, 4) is 17.3 Å². The number of hydrogen-bond acceptors (Lipinski definition) is 5. The second kappa shape index (κ2) is 4.34. The SMILES string of the molecule is COc1cc(-c2nccc3nc(Br)nn23)ccn1. The number of ether oxygens (including phenoxy) is 1. The monoisotopic (exact) mass is 305 g/mol. The van der Waals surface area contributed by atoms with Crippen molar-refractivity contribution in [3.63, 3.8) is 0 Å².